The first-order valence-electron chi connectivity index (χ1n) is 8.43. The summed E-state index contributed by atoms with van der Waals surface area (Å²) in [5, 5.41) is 2.82. The van der Waals surface area contributed by atoms with Crippen LogP contribution in [0, 0.1) is 13.8 Å². The number of aromatic nitrogens is 1. The highest BCUT2D eigenvalue weighted by molar-refractivity contribution is 6.07. The van der Waals surface area contributed by atoms with Crippen LogP contribution in [0.2, 0.25) is 0 Å². The highest BCUT2D eigenvalue weighted by atomic mass is 16.5. The summed E-state index contributed by atoms with van der Waals surface area (Å²) >= 11 is 0. The van der Waals surface area contributed by atoms with Crippen molar-refractivity contribution in [1.29, 1.82) is 0 Å². The molecule has 1 heterocycles. The molecule has 0 unspecified atom stereocenters. The third-order valence-corrected chi connectivity index (χ3v) is 4.13. The number of pyridine rings is 1. The van der Waals surface area contributed by atoms with Crippen LogP contribution in [-0.4, -0.2) is 18.0 Å². The predicted molar refractivity (Wildman–Crippen MR) is 106 cm³/mol. The Labute approximate surface area is 158 Å². The van der Waals surface area contributed by atoms with Crippen molar-refractivity contribution in [3.8, 4) is 17.2 Å². The lowest BCUT2D eigenvalue weighted by Gasteiger charge is -2.11. The molecule has 27 heavy (non-hydrogen) atoms. The largest absolute Gasteiger partial charge is 0.497 e. The van der Waals surface area contributed by atoms with Crippen molar-refractivity contribution < 1.29 is 14.3 Å². The van der Waals surface area contributed by atoms with Crippen LogP contribution in [0.5, 0.6) is 17.2 Å². The van der Waals surface area contributed by atoms with E-state index in [1.54, 1.807) is 43.5 Å². The van der Waals surface area contributed by atoms with E-state index in [0.717, 1.165) is 17.0 Å². The van der Waals surface area contributed by atoms with Gasteiger partial charge < -0.3 is 20.5 Å². The molecule has 0 radical (unpaired) electrons. The number of rotatable bonds is 5. The van der Waals surface area contributed by atoms with Crippen molar-refractivity contribution in [2.75, 3.05) is 18.2 Å². The first-order valence-corrected chi connectivity index (χ1v) is 8.43. The number of aryl methyl sites for hydroxylation is 2. The highest BCUT2D eigenvalue weighted by Gasteiger charge is 2.13. The van der Waals surface area contributed by atoms with E-state index in [2.05, 4.69) is 10.3 Å². The highest BCUT2D eigenvalue weighted by Crippen LogP contribution is 2.26. The maximum atomic E-state index is 12.5. The molecule has 2 aromatic carbocycles. The van der Waals surface area contributed by atoms with Gasteiger partial charge in [0.2, 0.25) is 0 Å². The number of hydrogen-bond acceptors (Lipinski definition) is 5. The van der Waals surface area contributed by atoms with E-state index in [4.69, 9.17) is 15.2 Å². The lowest BCUT2D eigenvalue weighted by Crippen LogP contribution is -2.15. The molecule has 6 heteroatoms. The Kier molecular flexibility index (Phi) is 5.26. The lowest BCUT2D eigenvalue weighted by atomic mass is 10.1. The summed E-state index contributed by atoms with van der Waals surface area (Å²) in [6, 6.07) is 16.2. The number of nitrogens with zero attached hydrogens (tertiary/aromatic N) is 1. The number of hydrogen-bond donors (Lipinski definition) is 2. The van der Waals surface area contributed by atoms with Crippen molar-refractivity contribution in [3.63, 3.8) is 0 Å². The van der Waals surface area contributed by atoms with Gasteiger partial charge in [-0.05, 0) is 61.9 Å². The summed E-state index contributed by atoms with van der Waals surface area (Å²) < 4.78 is 11.0. The van der Waals surface area contributed by atoms with Gasteiger partial charge in [0.05, 0.1) is 12.7 Å². The molecule has 3 rings (SSSR count). The van der Waals surface area contributed by atoms with Crippen molar-refractivity contribution in [1.82, 2.24) is 4.98 Å². The Morgan fingerprint density at radius 1 is 1.00 bits per heavy atom. The van der Waals surface area contributed by atoms with Gasteiger partial charge in [0.1, 0.15) is 23.1 Å². The zero-order valence-electron chi connectivity index (χ0n) is 15.4. The Hall–Kier alpha value is -3.54. The van der Waals surface area contributed by atoms with Crippen LogP contribution in [0.15, 0.2) is 54.6 Å². The Bertz CT molecular complexity index is 969. The molecule has 3 aromatic rings. The van der Waals surface area contributed by atoms with Gasteiger partial charge in [-0.1, -0.05) is 6.07 Å². The van der Waals surface area contributed by atoms with Crippen LogP contribution >= 0.6 is 0 Å². The van der Waals surface area contributed by atoms with E-state index in [1.165, 1.54) is 0 Å². The predicted octanol–water partition coefficient (Wildman–Crippen LogP) is 4.33. The van der Waals surface area contributed by atoms with Crippen molar-refractivity contribution >= 4 is 17.4 Å². The molecule has 3 N–H and O–H groups in total. The van der Waals surface area contributed by atoms with Crippen molar-refractivity contribution in [3.05, 3.63) is 71.4 Å². The summed E-state index contributed by atoms with van der Waals surface area (Å²) in [7, 11) is 1.61. The minimum absolute atomic E-state index is 0.216. The van der Waals surface area contributed by atoms with Gasteiger partial charge in [0.15, 0.2) is 0 Å². The van der Waals surface area contributed by atoms with Gasteiger partial charge in [0, 0.05) is 17.4 Å². The third kappa shape index (κ3) is 4.36. The van der Waals surface area contributed by atoms with E-state index < -0.39 is 0 Å². The first kappa shape index (κ1) is 18.3. The van der Waals surface area contributed by atoms with Gasteiger partial charge in [-0.2, -0.15) is 0 Å². The Morgan fingerprint density at radius 2 is 1.70 bits per heavy atom. The SMILES string of the molecule is COc1cccc(Oc2ccc(NC(=O)c3cc(C)c(C)nc3N)cc2)c1. The number of nitrogen functional groups attached to an aromatic ring is 1. The van der Waals surface area contributed by atoms with Gasteiger partial charge in [-0.3, -0.25) is 4.79 Å². The molecule has 0 atom stereocenters. The average molecular weight is 363 g/mol. The van der Waals surface area contributed by atoms with Gasteiger partial charge in [-0.25, -0.2) is 4.98 Å². The number of anilines is 2. The van der Waals surface area contributed by atoms with Crippen LogP contribution in [0.1, 0.15) is 21.6 Å². The first-order chi connectivity index (χ1) is 13.0. The van der Waals surface area contributed by atoms with Crippen LogP contribution in [0.4, 0.5) is 11.5 Å². The fraction of sp³-hybridized carbons (Fsp3) is 0.143. The van der Waals surface area contributed by atoms with E-state index in [0.29, 0.717) is 22.7 Å². The number of nitrogens with two attached hydrogens (primary N) is 1. The number of ether oxygens (including phenoxy) is 2. The van der Waals surface area contributed by atoms with E-state index in [1.807, 2.05) is 32.0 Å². The standard InChI is InChI=1S/C21H21N3O3/c1-13-11-19(20(22)23-14(13)2)21(25)24-15-7-9-16(10-8-15)27-18-6-4-5-17(12-18)26-3/h4-12H,1-3H3,(H2,22,23)(H,24,25). The minimum atomic E-state index is -0.301. The van der Waals surface area contributed by atoms with E-state index in [9.17, 15) is 4.79 Å². The molecule has 0 aliphatic rings. The Morgan fingerprint density at radius 3 is 2.41 bits per heavy atom. The molecule has 6 nitrogen and oxygen atoms in total. The number of nitrogens with one attached hydrogen (secondary N) is 1. The van der Waals surface area contributed by atoms with Gasteiger partial charge in [0.25, 0.3) is 5.91 Å². The van der Waals surface area contributed by atoms with Crippen LogP contribution < -0.4 is 20.5 Å². The van der Waals surface area contributed by atoms with Crippen LogP contribution in [-0.2, 0) is 0 Å². The molecule has 138 valence electrons. The molecule has 0 bridgehead atoms. The van der Waals surface area contributed by atoms with Crippen molar-refractivity contribution in [2.45, 2.75) is 13.8 Å². The molecule has 0 aliphatic carbocycles. The second-order valence-corrected chi connectivity index (χ2v) is 6.08. The maximum Gasteiger partial charge on any atom is 0.259 e. The summed E-state index contributed by atoms with van der Waals surface area (Å²) in [6.45, 7) is 3.75. The zero-order chi connectivity index (χ0) is 19.4. The fourth-order valence-corrected chi connectivity index (χ4v) is 2.51. The van der Waals surface area contributed by atoms with E-state index in [-0.39, 0.29) is 11.7 Å². The number of amides is 1. The summed E-state index contributed by atoms with van der Waals surface area (Å²) in [5.74, 6) is 1.95. The second-order valence-electron chi connectivity index (χ2n) is 6.08. The van der Waals surface area contributed by atoms with Gasteiger partial charge in [-0.15, -0.1) is 0 Å². The molecule has 1 amide bonds. The Balaban J connectivity index is 1.70. The minimum Gasteiger partial charge on any atom is -0.497 e. The second kappa shape index (κ2) is 7.78. The quantitative estimate of drug-likeness (QED) is 0.704. The monoisotopic (exact) mass is 363 g/mol. The number of methoxy groups -OCH3 is 1. The summed E-state index contributed by atoms with van der Waals surface area (Å²) in [4.78, 5) is 16.7. The molecule has 0 aliphatic heterocycles. The zero-order valence-corrected chi connectivity index (χ0v) is 15.4. The molecule has 0 spiro atoms. The van der Waals surface area contributed by atoms with Crippen LogP contribution in [0.25, 0.3) is 0 Å². The molecule has 0 fully saturated rings. The number of carbonyl (C=O) groups excluding carboxylic acids is 1. The van der Waals surface area contributed by atoms with Crippen LogP contribution in [0.3, 0.4) is 0 Å². The van der Waals surface area contributed by atoms with Crippen molar-refractivity contribution in [2.24, 2.45) is 0 Å². The molecular weight excluding hydrogens is 342 g/mol. The summed E-state index contributed by atoms with van der Waals surface area (Å²) in [5.41, 5.74) is 8.59. The molecule has 0 saturated carbocycles. The number of carbonyl (C=O) groups is 1. The normalized spacial score (nSPS) is 10.3. The van der Waals surface area contributed by atoms with Gasteiger partial charge >= 0.3 is 0 Å². The lowest BCUT2D eigenvalue weighted by molar-refractivity contribution is 0.102. The maximum absolute atomic E-state index is 12.5. The van der Waals surface area contributed by atoms with E-state index >= 15 is 0 Å². The fourth-order valence-electron chi connectivity index (χ4n) is 2.51. The third-order valence-electron chi connectivity index (χ3n) is 4.13. The number of benzene rings is 2. The average Bonchev–Trinajstić information content (AvgIpc) is 2.66. The molecular formula is C21H21N3O3. The molecule has 0 saturated heterocycles. The molecule has 1 aromatic heterocycles. The smallest absolute Gasteiger partial charge is 0.259 e. The topological polar surface area (TPSA) is 86.5 Å². The summed E-state index contributed by atoms with van der Waals surface area (Å²) in [6.07, 6.45) is 0.